The van der Waals surface area contributed by atoms with E-state index in [1.54, 1.807) is 13.8 Å². The van der Waals surface area contributed by atoms with Crippen LogP contribution in [0, 0.1) is 28.8 Å². The number of alkyl carbamates (subject to hydrolysis) is 1. The lowest BCUT2D eigenvalue weighted by Gasteiger charge is -2.54. The van der Waals surface area contributed by atoms with Gasteiger partial charge in [0.2, 0.25) is 5.91 Å². The second-order valence-electron chi connectivity index (χ2n) is 10.6. The molecule has 8 nitrogen and oxygen atoms in total. The summed E-state index contributed by atoms with van der Waals surface area (Å²) in [4.78, 5) is 29.0. The molecule has 12 heteroatoms. The quantitative estimate of drug-likeness (QED) is 0.288. The summed E-state index contributed by atoms with van der Waals surface area (Å²) < 4.78 is 63.2. The Morgan fingerprint density at radius 3 is 2.42 bits per heavy atom. The third-order valence-electron chi connectivity index (χ3n) is 7.85. The van der Waals surface area contributed by atoms with Gasteiger partial charge in [-0.2, -0.15) is 0 Å². The number of nitrogens with zero attached hydrogens (tertiary/aromatic N) is 1. The third kappa shape index (κ3) is 6.72. The first kappa shape index (κ1) is 31.3. The van der Waals surface area contributed by atoms with Crippen molar-refractivity contribution in [3.8, 4) is 11.3 Å². The average molecular weight is 569 g/mol. The van der Waals surface area contributed by atoms with Crippen LogP contribution in [0.4, 0.5) is 22.4 Å². The number of amides is 2. The molecule has 2 amide bonds. The molecule has 1 aliphatic carbocycles. The molecule has 1 aromatic heterocycles. The van der Waals surface area contributed by atoms with E-state index in [1.807, 2.05) is 6.92 Å². The first-order valence-electron chi connectivity index (χ1n) is 13.1. The number of alkyl halides is 1. The van der Waals surface area contributed by atoms with E-state index >= 15 is 4.39 Å². The minimum atomic E-state index is -1.68. The number of ether oxygens (including phenoxy) is 1. The van der Waals surface area contributed by atoms with E-state index in [9.17, 15) is 27.9 Å². The van der Waals surface area contributed by atoms with Gasteiger partial charge in [-0.15, -0.1) is 0 Å². The predicted octanol–water partition coefficient (Wildman–Crippen LogP) is 4.01. The number of hydrogen-bond acceptors (Lipinski definition) is 6. The van der Waals surface area contributed by atoms with Crippen LogP contribution in [0.25, 0.3) is 11.3 Å². The van der Waals surface area contributed by atoms with Crippen LogP contribution in [0.2, 0.25) is 0 Å². The van der Waals surface area contributed by atoms with Crippen molar-refractivity contribution in [1.82, 2.24) is 20.9 Å². The molecule has 1 aromatic carbocycles. The molecule has 1 fully saturated rings. The molecule has 0 aliphatic heterocycles. The smallest absolute Gasteiger partial charge is 0.407 e. The minimum absolute atomic E-state index is 0.0706. The summed E-state index contributed by atoms with van der Waals surface area (Å²) in [6, 6.07) is 2.97. The normalized spacial score (nSPS) is 20.3. The fourth-order valence-corrected chi connectivity index (χ4v) is 5.21. The van der Waals surface area contributed by atoms with Gasteiger partial charge in [-0.25, -0.2) is 22.4 Å². The highest BCUT2D eigenvalue weighted by Crippen LogP contribution is 2.56. The Kier molecular flexibility index (Phi) is 10.1. The molecule has 3 rings (SSSR count). The molecule has 220 valence electrons. The largest absolute Gasteiger partial charge is 0.453 e. The minimum Gasteiger partial charge on any atom is -0.453 e. The zero-order valence-electron chi connectivity index (χ0n) is 23.0. The molecule has 0 spiro atoms. The first-order chi connectivity index (χ1) is 18.8. The average Bonchev–Trinajstić information content (AvgIpc) is 2.90. The number of pyridine rings is 1. The molecular formula is C28H36F4N4O4. The van der Waals surface area contributed by atoms with Gasteiger partial charge in [0.05, 0.1) is 18.9 Å². The maximum Gasteiger partial charge on any atom is 0.407 e. The molecule has 1 heterocycles. The third-order valence-corrected chi connectivity index (χ3v) is 7.85. The van der Waals surface area contributed by atoms with Crippen molar-refractivity contribution in [2.45, 2.75) is 64.4 Å². The number of aromatic nitrogens is 1. The summed E-state index contributed by atoms with van der Waals surface area (Å²) in [6.07, 6.45) is 0.649. The van der Waals surface area contributed by atoms with Crippen molar-refractivity contribution in [2.75, 3.05) is 20.2 Å². The number of rotatable bonds is 12. The molecule has 0 saturated heterocycles. The maximum absolute atomic E-state index is 15.9. The van der Waals surface area contributed by atoms with Gasteiger partial charge in [0, 0.05) is 48.4 Å². The molecule has 0 radical (unpaired) electrons. The molecular weight excluding hydrogens is 532 g/mol. The number of halogens is 4. The van der Waals surface area contributed by atoms with Gasteiger partial charge in [0.1, 0.15) is 29.2 Å². The van der Waals surface area contributed by atoms with Gasteiger partial charge >= 0.3 is 6.09 Å². The molecule has 40 heavy (non-hydrogen) atoms. The molecule has 1 aliphatic rings. The Labute approximate surface area is 230 Å². The topological polar surface area (TPSA) is 113 Å². The van der Waals surface area contributed by atoms with Crippen molar-refractivity contribution in [3.05, 3.63) is 53.5 Å². The van der Waals surface area contributed by atoms with E-state index < -0.39 is 52.7 Å². The number of hydrogen-bond donors (Lipinski definition) is 4. The fraction of sp³-hybridized carbons (Fsp3) is 0.536. The van der Waals surface area contributed by atoms with Gasteiger partial charge in [0.15, 0.2) is 0 Å². The van der Waals surface area contributed by atoms with Crippen LogP contribution >= 0.6 is 0 Å². The molecule has 4 N–H and O–H groups in total. The standard InChI is InChI=1S/C28H36F4N4O4/c1-5-17-6-8-28(17,32)27(2,3)24(36-26(39)40-4)25(38)35-14-19(37)13-33-15-20-21(30)10-16(11-22(20)31)23-12-18(29)7-9-34-23/h7,9-12,17,19,24,33,37H,5-6,8,13-15H2,1-4H3,(H,35,38)(H,36,39)/t17?,19-,24+,28?/m0/s1. The van der Waals surface area contributed by atoms with Crippen LogP contribution in [0.1, 0.15) is 45.6 Å². The second-order valence-corrected chi connectivity index (χ2v) is 10.6. The lowest BCUT2D eigenvalue weighted by atomic mass is 9.54. The number of aliphatic hydroxyl groups excluding tert-OH is 1. The molecule has 0 bridgehead atoms. The Morgan fingerprint density at radius 1 is 1.20 bits per heavy atom. The van der Waals surface area contributed by atoms with E-state index in [-0.39, 0.29) is 48.8 Å². The van der Waals surface area contributed by atoms with Gasteiger partial charge < -0.3 is 25.8 Å². The molecule has 4 atom stereocenters. The van der Waals surface area contributed by atoms with Gasteiger partial charge in [-0.3, -0.25) is 9.78 Å². The Morgan fingerprint density at radius 2 is 1.88 bits per heavy atom. The van der Waals surface area contributed by atoms with Gasteiger partial charge in [-0.1, -0.05) is 27.2 Å². The fourth-order valence-electron chi connectivity index (χ4n) is 5.21. The van der Waals surface area contributed by atoms with Crippen LogP contribution in [0.3, 0.4) is 0 Å². The molecule has 2 aromatic rings. The molecule has 2 unspecified atom stereocenters. The number of carbonyl (C=O) groups excluding carboxylic acids is 2. The van der Waals surface area contributed by atoms with Crippen LogP contribution in [-0.4, -0.2) is 60.1 Å². The Bertz CT molecular complexity index is 1190. The summed E-state index contributed by atoms with van der Waals surface area (Å²) in [5.41, 5.74) is -3.11. The predicted molar refractivity (Wildman–Crippen MR) is 140 cm³/mol. The summed E-state index contributed by atoms with van der Waals surface area (Å²) in [7, 11) is 1.13. The van der Waals surface area contributed by atoms with E-state index in [4.69, 9.17) is 0 Å². The summed E-state index contributed by atoms with van der Waals surface area (Å²) in [6.45, 7) is 4.33. The van der Waals surface area contributed by atoms with Crippen LogP contribution in [-0.2, 0) is 16.1 Å². The maximum atomic E-state index is 15.9. The summed E-state index contributed by atoms with van der Waals surface area (Å²) in [5, 5.41) is 18.0. The van der Waals surface area contributed by atoms with Crippen molar-refractivity contribution in [3.63, 3.8) is 0 Å². The van der Waals surface area contributed by atoms with Gasteiger partial charge in [-0.05, 0) is 37.0 Å². The van der Waals surface area contributed by atoms with Crippen LogP contribution in [0.15, 0.2) is 30.5 Å². The van der Waals surface area contributed by atoms with E-state index in [1.165, 1.54) is 6.20 Å². The van der Waals surface area contributed by atoms with E-state index in [0.29, 0.717) is 12.8 Å². The highest BCUT2D eigenvalue weighted by atomic mass is 19.1. The van der Waals surface area contributed by atoms with Crippen LogP contribution < -0.4 is 16.0 Å². The second kappa shape index (κ2) is 12.9. The zero-order chi connectivity index (χ0) is 29.7. The van der Waals surface area contributed by atoms with Gasteiger partial charge in [0.25, 0.3) is 0 Å². The number of aliphatic hydroxyl groups is 1. The number of benzene rings is 1. The SMILES string of the molecule is CCC1CCC1(F)C(C)(C)[C@H](NC(=O)OC)C(=O)NC[C@@H](O)CNCc1c(F)cc(-c2cc(F)ccn2)cc1F. The summed E-state index contributed by atoms with van der Waals surface area (Å²) in [5.74, 6) is -3.31. The van der Waals surface area contributed by atoms with E-state index in [0.717, 1.165) is 31.4 Å². The zero-order valence-corrected chi connectivity index (χ0v) is 23.0. The lowest BCUT2D eigenvalue weighted by Crippen LogP contribution is -2.66. The Balaban J connectivity index is 1.58. The lowest BCUT2D eigenvalue weighted by molar-refractivity contribution is -0.147. The van der Waals surface area contributed by atoms with Crippen molar-refractivity contribution in [2.24, 2.45) is 11.3 Å². The van der Waals surface area contributed by atoms with Crippen molar-refractivity contribution < 1.29 is 37.0 Å². The van der Waals surface area contributed by atoms with Crippen LogP contribution in [0.5, 0.6) is 0 Å². The van der Waals surface area contributed by atoms with Crippen molar-refractivity contribution >= 4 is 12.0 Å². The first-order valence-corrected chi connectivity index (χ1v) is 13.1. The van der Waals surface area contributed by atoms with E-state index in [2.05, 4.69) is 25.7 Å². The molecule has 1 saturated carbocycles. The Hall–Kier alpha value is -3.25. The monoisotopic (exact) mass is 568 g/mol. The number of carbonyl (C=O) groups is 2. The number of methoxy groups -OCH3 is 1. The summed E-state index contributed by atoms with van der Waals surface area (Å²) >= 11 is 0. The van der Waals surface area contributed by atoms with Crippen molar-refractivity contribution in [1.29, 1.82) is 0 Å². The highest BCUT2D eigenvalue weighted by Gasteiger charge is 2.61. The highest BCUT2D eigenvalue weighted by molar-refractivity contribution is 5.86. The number of nitrogens with one attached hydrogen (secondary N) is 3.